The van der Waals surface area contributed by atoms with Gasteiger partial charge < -0.3 is 20.1 Å². The fraction of sp³-hybridized carbons (Fsp3) is 0.818. The molecule has 2 heterocycles. The standard InChI is InChI=1S/C11H18N2O4/c1-7-11(2,3-4-17-7)12-10(16)13-5-8(6-13)9(14)15/h7-8H,3-6H2,1-2H3,(H,12,16)(H,14,15). The topological polar surface area (TPSA) is 78.9 Å². The molecule has 6 heteroatoms. The van der Waals surface area contributed by atoms with Gasteiger partial charge in [0.1, 0.15) is 0 Å². The summed E-state index contributed by atoms with van der Waals surface area (Å²) in [6.07, 6.45) is 0.777. The number of carboxylic acid groups (broad SMARTS) is 1. The molecule has 2 aliphatic heterocycles. The van der Waals surface area contributed by atoms with E-state index in [2.05, 4.69) is 5.32 Å². The van der Waals surface area contributed by atoms with Crippen molar-refractivity contribution in [1.82, 2.24) is 10.2 Å². The Balaban J connectivity index is 1.85. The molecule has 2 rings (SSSR count). The van der Waals surface area contributed by atoms with E-state index in [1.165, 1.54) is 4.90 Å². The van der Waals surface area contributed by atoms with Gasteiger partial charge in [-0.15, -0.1) is 0 Å². The van der Waals surface area contributed by atoms with E-state index in [4.69, 9.17) is 9.84 Å². The van der Waals surface area contributed by atoms with Gasteiger partial charge in [-0.1, -0.05) is 0 Å². The molecule has 0 aromatic carbocycles. The average Bonchev–Trinajstić information content (AvgIpc) is 2.43. The summed E-state index contributed by atoms with van der Waals surface area (Å²) >= 11 is 0. The van der Waals surface area contributed by atoms with Crippen LogP contribution in [0.3, 0.4) is 0 Å². The summed E-state index contributed by atoms with van der Waals surface area (Å²) in [5.41, 5.74) is -0.342. The minimum absolute atomic E-state index is 0.0111. The predicted octanol–water partition coefficient (Wildman–Crippen LogP) is 0.280. The summed E-state index contributed by atoms with van der Waals surface area (Å²) in [5.74, 6) is -1.25. The zero-order valence-electron chi connectivity index (χ0n) is 10.1. The summed E-state index contributed by atoms with van der Waals surface area (Å²) in [7, 11) is 0. The summed E-state index contributed by atoms with van der Waals surface area (Å²) in [6, 6.07) is -0.192. The highest BCUT2D eigenvalue weighted by molar-refractivity contribution is 5.80. The zero-order chi connectivity index (χ0) is 12.6. The van der Waals surface area contributed by atoms with Crippen LogP contribution in [0.4, 0.5) is 4.79 Å². The van der Waals surface area contributed by atoms with Gasteiger partial charge in [0, 0.05) is 19.7 Å². The van der Waals surface area contributed by atoms with Crippen LogP contribution in [0.25, 0.3) is 0 Å². The number of carboxylic acids is 1. The predicted molar refractivity (Wildman–Crippen MR) is 59.7 cm³/mol. The first-order chi connectivity index (χ1) is 7.92. The number of likely N-dealkylation sites (tertiary alicyclic amines) is 1. The first-order valence-electron chi connectivity index (χ1n) is 5.84. The SMILES string of the molecule is CC1OCCC1(C)NC(=O)N1CC(C(=O)O)C1. The van der Waals surface area contributed by atoms with Crippen molar-refractivity contribution < 1.29 is 19.4 Å². The summed E-state index contributed by atoms with van der Waals surface area (Å²) in [5, 5.41) is 11.7. The van der Waals surface area contributed by atoms with Crippen LogP contribution in [-0.4, -0.2) is 53.3 Å². The lowest BCUT2D eigenvalue weighted by molar-refractivity contribution is -0.146. The van der Waals surface area contributed by atoms with Crippen LogP contribution in [0.2, 0.25) is 0 Å². The van der Waals surface area contributed by atoms with Crippen molar-refractivity contribution in [2.45, 2.75) is 31.9 Å². The molecule has 2 saturated heterocycles. The Morgan fingerprint density at radius 1 is 1.47 bits per heavy atom. The lowest BCUT2D eigenvalue weighted by Crippen LogP contribution is -2.61. The Morgan fingerprint density at radius 2 is 2.12 bits per heavy atom. The van der Waals surface area contributed by atoms with Gasteiger partial charge >= 0.3 is 12.0 Å². The van der Waals surface area contributed by atoms with Crippen molar-refractivity contribution in [3.05, 3.63) is 0 Å². The van der Waals surface area contributed by atoms with Crippen LogP contribution >= 0.6 is 0 Å². The molecule has 0 aromatic rings. The molecule has 0 radical (unpaired) electrons. The minimum atomic E-state index is -0.835. The van der Waals surface area contributed by atoms with E-state index >= 15 is 0 Å². The normalized spacial score (nSPS) is 33.3. The van der Waals surface area contributed by atoms with E-state index < -0.39 is 11.9 Å². The van der Waals surface area contributed by atoms with Gasteiger partial charge in [0.05, 0.1) is 17.6 Å². The van der Waals surface area contributed by atoms with Crippen molar-refractivity contribution in [2.75, 3.05) is 19.7 Å². The third kappa shape index (κ3) is 2.22. The second-order valence-corrected chi connectivity index (χ2v) is 5.05. The molecule has 0 aliphatic carbocycles. The Hall–Kier alpha value is -1.30. The monoisotopic (exact) mass is 242 g/mol. The minimum Gasteiger partial charge on any atom is -0.481 e. The Labute approximate surface area is 99.9 Å². The highest BCUT2D eigenvalue weighted by Crippen LogP contribution is 2.26. The average molecular weight is 242 g/mol. The van der Waals surface area contributed by atoms with Crippen LogP contribution in [0.5, 0.6) is 0 Å². The van der Waals surface area contributed by atoms with Crippen molar-refractivity contribution in [3.63, 3.8) is 0 Å². The number of nitrogens with one attached hydrogen (secondary N) is 1. The maximum Gasteiger partial charge on any atom is 0.317 e. The Morgan fingerprint density at radius 3 is 2.59 bits per heavy atom. The van der Waals surface area contributed by atoms with E-state index in [-0.39, 0.29) is 17.7 Å². The number of aliphatic carboxylic acids is 1. The van der Waals surface area contributed by atoms with E-state index in [1.807, 2.05) is 13.8 Å². The summed E-state index contributed by atoms with van der Waals surface area (Å²) < 4.78 is 5.43. The second kappa shape index (κ2) is 4.18. The molecule has 2 amide bonds. The van der Waals surface area contributed by atoms with Crippen LogP contribution in [0.1, 0.15) is 20.3 Å². The third-order valence-corrected chi connectivity index (χ3v) is 3.80. The molecule has 2 aliphatic rings. The molecule has 0 bridgehead atoms. The van der Waals surface area contributed by atoms with Crippen molar-refractivity contribution in [3.8, 4) is 0 Å². The molecular weight excluding hydrogens is 224 g/mol. The van der Waals surface area contributed by atoms with Gasteiger partial charge in [-0.3, -0.25) is 4.79 Å². The fourth-order valence-corrected chi connectivity index (χ4v) is 2.12. The van der Waals surface area contributed by atoms with Gasteiger partial charge in [-0.2, -0.15) is 0 Å². The van der Waals surface area contributed by atoms with Crippen molar-refractivity contribution >= 4 is 12.0 Å². The number of carbonyl (C=O) groups excluding carboxylic acids is 1. The number of urea groups is 1. The van der Waals surface area contributed by atoms with Gasteiger partial charge in [0.15, 0.2) is 0 Å². The van der Waals surface area contributed by atoms with E-state index in [9.17, 15) is 9.59 Å². The van der Waals surface area contributed by atoms with E-state index in [0.717, 1.165) is 6.42 Å². The lowest BCUT2D eigenvalue weighted by atomic mass is 9.94. The molecule has 6 nitrogen and oxygen atoms in total. The first kappa shape index (κ1) is 12.2. The Kier molecular flexibility index (Phi) is 2.99. The first-order valence-corrected chi connectivity index (χ1v) is 5.84. The smallest absolute Gasteiger partial charge is 0.317 e. The fourth-order valence-electron chi connectivity index (χ4n) is 2.12. The maximum absolute atomic E-state index is 11.9. The molecule has 0 spiro atoms. The summed E-state index contributed by atoms with van der Waals surface area (Å²) in [4.78, 5) is 24.0. The molecule has 2 atom stereocenters. The number of carbonyl (C=O) groups is 2. The highest BCUT2D eigenvalue weighted by Gasteiger charge is 2.42. The quantitative estimate of drug-likeness (QED) is 0.729. The lowest BCUT2D eigenvalue weighted by Gasteiger charge is -2.39. The Bertz CT molecular complexity index is 340. The van der Waals surface area contributed by atoms with Crippen LogP contribution < -0.4 is 5.32 Å². The number of ether oxygens (including phenoxy) is 1. The second-order valence-electron chi connectivity index (χ2n) is 5.05. The van der Waals surface area contributed by atoms with Crippen molar-refractivity contribution in [2.24, 2.45) is 5.92 Å². The zero-order valence-corrected chi connectivity index (χ0v) is 10.1. The molecule has 96 valence electrons. The molecular formula is C11H18N2O4. The van der Waals surface area contributed by atoms with Gasteiger partial charge in [-0.05, 0) is 20.3 Å². The van der Waals surface area contributed by atoms with E-state index in [0.29, 0.717) is 19.7 Å². The number of amides is 2. The highest BCUT2D eigenvalue weighted by atomic mass is 16.5. The maximum atomic E-state index is 11.9. The molecule has 17 heavy (non-hydrogen) atoms. The number of rotatable bonds is 2. The van der Waals surface area contributed by atoms with Crippen LogP contribution in [0, 0.1) is 5.92 Å². The van der Waals surface area contributed by atoms with Gasteiger partial charge in [0.2, 0.25) is 0 Å². The number of hydrogen-bond acceptors (Lipinski definition) is 3. The molecule has 2 fully saturated rings. The van der Waals surface area contributed by atoms with Crippen LogP contribution in [-0.2, 0) is 9.53 Å². The van der Waals surface area contributed by atoms with Gasteiger partial charge in [-0.25, -0.2) is 4.79 Å². The molecule has 0 aromatic heterocycles. The molecule has 2 N–H and O–H groups in total. The summed E-state index contributed by atoms with van der Waals surface area (Å²) in [6.45, 7) is 5.13. The van der Waals surface area contributed by atoms with Gasteiger partial charge in [0.25, 0.3) is 0 Å². The number of hydrogen-bond donors (Lipinski definition) is 2. The van der Waals surface area contributed by atoms with E-state index in [1.54, 1.807) is 0 Å². The molecule has 0 saturated carbocycles. The van der Waals surface area contributed by atoms with Crippen molar-refractivity contribution in [1.29, 1.82) is 0 Å². The molecule has 2 unspecified atom stereocenters. The van der Waals surface area contributed by atoms with Crippen LogP contribution in [0.15, 0.2) is 0 Å². The number of nitrogens with zero attached hydrogens (tertiary/aromatic N) is 1. The third-order valence-electron chi connectivity index (χ3n) is 3.80. The largest absolute Gasteiger partial charge is 0.481 e.